The van der Waals surface area contributed by atoms with E-state index >= 15 is 0 Å². The Balaban J connectivity index is 2.36. The molecule has 21 heavy (non-hydrogen) atoms. The van der Waals surface area contributed by atoms with E-state index in [-0.39, 0.29) is 24.2 Å². The fraction of sp³-hybridized carbons (Fsp3) is 0.533. The zero-order valence-corrected chi connectivity index (χ0v) is 13.5. The maximum atomic E-state index is 12.4. The molecule has 2 atom stereocenters. The van der Waals surface area contributed by atoms with Gasteiger partial charge in [0.15, 0.2) is 5.78 Å². The lowest BCUT2D eigenvalue weighted by atomic mass is 9.90. The Morgan fingerprint density at radius 2 is 1.86 bits per heavy atom. The lowest BCUT2D eigenvalue weighted by molar-refractivity contribution is 0.0936. The third kappa shape index (κ3) is 3.02. The van der Waals surface area contributed by atoms with Gasteiger partial charge in [-0.05, 0) is 48.4 Å². The van der Waals surface area contributed by atoms with Crippen LogP contribution in [0.4, 0.5) is 0 Å². The molecule has 0 amide bonds. The van der Waals surface area contributed by atoms with Crippen LogP contribution in [-0.4, -0.2) is 25.4 Å². The molecule has 0 aromatic heterocycles. The van der Waals surface area contributed by atoms with E-state index in [1.807, 2.05) is 33.8 Å². The van der Waals surface area contributed by atoms with Gasteiger partial charge in [0.25, 0.3) is 0 Å². The average Bonchev–Trinajstić information content (AvgIpc) is 2.57. The molecule has 6 heteroatoms. The molecule has 0 saturated carbocycles. The van der Waals surface area contributed by atoms with Gasteiger partial charge >= 0.3 is 10.4 Å². The van der Waals surface area contributed by atoms with Gasteiger partial charge in [-0.1, -0.05) is 19.9 Å². The summed E-state index contributed by atoms with van der Waals surface area (Å²) in [5, 5.41) is 0. The normalized spacial score (nSPS) is 21.7. The van der Waals surface area contributed by atoms with Gasteiger partial charge in [-0.15, -0.1) is 0 Å². The van der Waals surface area contributed by atoms with Crippen LogP contribution in [0.1, 0.15) is 52.4 Å². The molecule has 2 rings (SSSR count). The Morgan fingerprint density at radius 3 is 2.43 bits per heavy atom. The molecule has 0 spiro atoms. The minimum atomic E-state index is -4.43. The number of rotatable bonds is 4. The van der Waals surface area contributed by atoms with E-state index in [2.05, 4.69) is 4.18 Å². The van der Waals surface area contributed by atoms with Crippen molar-refractivity contribution in [3.63, 3.8) is 0 Å². The average molecular weight is 312 g/mol. The molecule has 116 valence electrons. The minimum Gasteiger partial charge on any atom is -0.294 e. The number of hydrogen-bond donors (Lipinski definition) is 1. The Bertz CT molecular complexity index is 691. The molecule has 1 aliphatic carbocycles. The second-order valence-electron chi connectivity index (χ2n) is 5.70. The summed E-state index contributed by atoms with van der Waals surface area (Å²) >= 11 is 0. The zero-order chi connectivity index (χ0) is 15.9. The molecule has 1 aromatic carbocycles. The van der Waals surface area contributed by atoms with Crippen molar-refractivity contribution in [3.05, 3.63) is 33.9 Å². The zero-order valence-electron chi connectivity index (χ0n) is 12.6. The summed E-state index contributed by atoms with van der Waals surface area (Å²) in [5.41, 5.74) is 4.65. The van der Waals surface area contributed by atoms with Crippen LogP contribution in [-0.2, 0) is 21.0 Å². The first kappa shape index (κ1) is 16.1. The predicted molar refractivity (Wildman–Crippen MR) is 79.0 cm³/mol. The third-order valence-corrected chi connectivity index (χ3v) is 4.91. The van der Waals surface area contributed by atoms with E-state index in [0.29, 0.717) is 6.42 Å². The van der Waals surface area contributed by atoms with E-state index in [0.717, 1.165) is 27.8 Å². The highest BCUT2D eigenvalue weighted by molar-refractivity contribution is 7.80. The first-order valence-electron chi connectivity index (χ1n) is 6.92. The molecule has 0 heterocycles. The van der Waals surface area contributed by atoms with E-state index in [1.165, 1.54) is 0 Å². The first-order valence-corrected chi connectivity index (χ1v) is 8.29. The van der Waals surface area contributed by atoms with Crippen LogP contribution in [0.25, 0.3) is 0 Å². The molecule has 1 aliphatic rings. The van der Waals surface area contributed by atoms with Gasteiger partial charge < -0.3 is 0 Å². The molecule has 1 N–H and O–H groups in total. The van der Waals surface area contributed by atoms with Crippen LogP contribution in [0.5, 0.6) is 0 Å². The Kier molecular flexibility index (Phi) is 4.24. The number of ketones is 1. The van der Waals surface area contributed by atoms with Gasteiger partial charge in [0.1, 0.15) is 0 Å². The maximum Gasteiger partial charge on any atom is 0.397 e. The van der Waals surface area contributed by atoms with Gasteiger partial charge in [0.05, 0.1) is 6.61 Å². The number of hydrogen-bond acceptors (Lipinski definition) is 4. The summed E-state index contributed by atoms with van der Waals surface area (Å²) in [6.07, 6.45) is 0.334. The van der Waals surface area contributed by atoms with Crippen LogP contribution < -0.4 is 0 Å². The van der Waals surface area contributed by atoms with Gasteiger partial charge in [-0.25, -0.2) is 4.18 Å². The molecule has 5 nitrogen and oxygen atoms in total. The van der Waals surface area contributed by atoms with Crippen LogP contribution in [0.3, 0.4) is 0 Å². The maximum absolute atomic E-state index is 12.4. The van der Waals surface area contributed by atoms with Crippen LogP contribution in [0, 0.1) is 19.8 Å². The number of benzene rings is 1. The van der Waals surface area contributed by atoms with Gasteiger partial charge in [-0.2, -0.15) is 8.42 Å². The van der Waals surface area contributed by atoms with E-state index < -0.39 is 10.4 Å². The Hall–Kier alpha value is -1.24. The number of Topliss-reactive ketones (excluding diaryl/α,β-unsaturated/α-hetero) is 1. The van der Waals surface area contributed by atoms with E-state index in [1.54, 1.807) is 0 Å². The fourth-order valence-corrected chi connectivity index (χ4v) is 3.39. The Labute approximate surface area is 125 Å². The molecule has 0 bridgehead atoms. The lowest BCUT2D eigenvalue weighted by Gasteiger charge is -2.15. The molecular weight excluding hydrogens is 292 g/mol. The second-order valence-corrected chi connectivity index (χ2v) is 6.79. The summed E-state index contributed by atoms with van der Waals surface area (Å²) in [6.45, 7) is 7.67. The van der Waals surface area contributed by atoms with Gasteiger partial charge in [0.2, 0.25) is 0 Å². The quantitative estimate of drug-likeness (QED) is 0.864. The van der Waals surface area contributed by atoms with Gasteiger partial charge in [-0.3, -0.25) is 9.35 Å². The molecule has 1 aromatic rings. The van der Waals surface area contributed by atoms with Crippen molar-refractivity contribution in [1.82, 2.24) is 0 Å². The van der Waals surface area contributed by atoms with E-state index in [4.69, 9.17) is 4.55 Å². The SMILES string of the molecule is Cc1cc2c(c(C)c1CCOS(=O)(=O)O)C(=O)[C@H](C)[C@@H]2C. The standard InChI is InChI=1S/C15H20O5S/c1-8-7-13-9(2)10(3)15(16)14(13)11(4)12(8)5-6-20-21(17,18)19/h7,9-10H,5-6H2,1-4H3,(H,17,18,19)/t9-,10+/m0/s1. The predicted octanol–water partition coefficient (Wildman–Crippen LogP) is 2.60. The van der Waals surface area contributed by atoms with E-state index in [9.17, 15) is 13.2 Å². The molecular formula is C15H20O5S. The van der Waals surface area contributed by atoms with Crippen molar-refractivity contribution in [3.8, 4) is 0 Å². The van der Waals surface area contributed by atoms with Crippen molar-refractivity contribution in [1.29, 1.82) is 0 Å². The topological polar surface area (TPSA) is 80.7 Å². The van der Waals surface area contributed by atoms with Crippen molar-refractivity contribution >= 4 is 16.2 Å². The second kappa shape index (κ2) is 5.51. The monoisotopic (exact) mass is 312 g/mol. The highest BCUT2D eigenvalue weighted by Crippen LogP contribution is 2.40. The highest BCUT2D eigenvalue weighted by Gasteiger charge is 2.35. The molecule has 0 fully saturated rings. The molecule has 0 aliphatic heterocycles. The van der Waals surface area contributed by atoms with Crippen molar-refractivity contribution in [2.24, 2.45) is 5.92 Å². The van der Waals surface area contributed by atoms with Crippen molar-refractivity contribution in [2.45, 2.75) is 40.0 Å². The third-order valence-electron chi connectivity index (χ3n) is 4.45. The van der Waals surface area contributed by atoms with Crippen molar-refractivity contribution in [2.75, 3.05) is 6.61 Å². The summed E-state index contributed by atoms with van der Waals surface area (Å²) in [5.74, 6) is 0.322. The van der Waals surface area contributed by atoms with Crippen LogP contribution >= 0.6 is 0 Å². The molecule has 0 unspecified atom stereocenters. The largest absolute Gasteiger partial charge is 0.397 e. The minimum absolute atomic E-state index is 0.0255. The fourth-order valence-electron chi connectivity index (χ4n) is 3.10. The van der Waals surface area contributed by atoms with Crippen LogP contribution in [0.2, 0.25) is 0 Å². The van der Waals surface area contributed by atoms with Gasteiger partial charge in [0, 0.05) is 11.5 Å². The first-order chi connectivity index (χ1) is 9.63. The lowest BCUT2D eigenvalue weighted by Crippen LogP contribution is -2.11. The highest BCUT2D eigenvalue weighted by atomic mass is 32.3. The number of carbonyl (C=O) groups is 1. The summed E-state index contributed by atoms with van der Waals surface area (Å²) in [6, 6.07) is 2.01. The summed E-state index contributed by atoms with van der Waals surface area (Å²) in [7, 11) is -4.43. The van der Waals surface area contributed by atoms with Crippen molar-refractivity contribution < 1.29 is 21.9 Å². The summed E-state index contributed by atoms with van der Waals surface area (Å²) < 4.78 is 34.2. The Morgan fingerprint density at radius 1 is 1.24 bits per heavy atom. The van der Waals surface area contributed by atoms with Crippen LogP contribution in [0.15, 0.2) is 6.07 Å². The number of carbonyl (C=O) groups excluding carboxylic acids is 1. The summed E-state index contributed by atoms with van der Waals surface area (Å²) in [4.78, 5) is 12.4. The smallest absolute Gasteiger partial charge is 0.294 e. The number of fused-ring (bicyclic) bond motifs is 1. The molecule has 0 radical (unpaired) electrons. The molecule has 0 saturated heterocycles. The number of aryl methyl sites for hydroxylation is 1.